The van der Waals surface area contributed by atoms with Crippen LogP contribution in [-0.2, 0) is 10.8 Å². The third kappa shape index (κ3) is 9.22. The number of thiophene rings is 1. The molecule has 0 unspecified atom stereocenters. The van der Waals surface area contributed by atoms with Crippen LogP contribution < -0.4 is 0 Å². The summed E-state index contributed by atoms with van der Waals surface area (Å²) in [7, 11) is 0. The number of para-hydroxylation sites is 1. The second kappa shape index (κ2) is 25.0. The summed E-state index contributed by atoms with van der Waals surface area (Å²) in [5.74, 6) is 6.75. The van der Waals surface area contributed by atoms with E-state index in [4.69, 9.17) is 4.42 Å². The lowest BCUT2D eigenvalue weighted by Crippen LogP contribution is -2.55. The minimum atomic E-state index is 0.152. The molecule has 20 aromatic rings. The average molecular weight is 1530 g/mol. The van der Waals surface area contributed by atoms with Crippen molar-refractivity contribution in [2.24, 2.45) is 47.3 Å². The molecule has 8 saturated carbocycles. The van der Waals surface area contributed by atoms with Crippen LogP contribution in [0.1, 0.15) is 86.5 Å². The number of furan rings is 1. The zero-order chi connectivity index (χ0) is 76.8. The van der Waals surface area contributed by atoms with Gasteiger partial charge in [-0.1, -0.05) is 297 Å². The van der Waals surface area contributed by atoms with Crippen LogP contribution in [0, 0.1) is 47.3 Å². The fourth-order valence-electron chi connectivity index (χ4n) is 27.4. The van der Waals surface area contributed by atoms with Gasteiger partial charge in [-0.2, -0.15) is 0 Å². The first-order valence-corrected chi connectivity index (χ1v) is 44.5. The summed E-state index contributed by atoms with van der Waals surface area (Å²) < 4.78 is 9.11. The molecule has 560 valence electrons. The van der Waals surface area contributed by atoms with Gasteiger partial charge in [0.05, 0.1) is 0 Å². The summed E-state index contributed by atoms with van der Waals surface area (Å²) in [6.45, 7) is 0. The van der Waals surface area contributed by atoms with Crippen molar-refractivity contribution in [3.05, 3.63) is 362 Å². The molecule has 30 rings (SSSR count). The molecule has 2 aromatic heterocycles. The summed E-state index contributed by atoms with van der Waals surface area (Å²) in [6, 6.07) is 130. The minimum Gasteiger partial charge on any atom is -0.456 e. The van der Waals surface area contributed by atoms with Crippen molar-refractivity contribution in [2.45, 2.75) is 75.0 Å². The molecule has 2 spiro atoms. The number of fused-ring (bicyclic) bond motifs is 18. The zero-order valence-electron chi connectivity index (χ0n) is 65.8. The molecule has 0 radical (unpaired) electrons. The molecule has 0 atom stereocenters. The topological polar surface area (TPSA) is 13.1 Å². The van der Waals surface area contributed by atoms with Gasteiger partial charge in [-0.15, -0.1) is 11.3 Å². The summed E-state index contributed by atoms with van der Waals surface area (Å²) in [5, 5.41) is 20.5. The minimum absolute atomic E-state index is 0.152. The summed E-state index contributed by atoms with van der Waals surface area (Å²) in [6.07, 6.45) is 14.2. The first-order valence-electron chi connectivity index (χ1n) is 43.7. The van der Waals surface area contributed by atoms with Gasteiger partial charge in [0.2, 0.25) is 0 Å². The molecular formula is C116H84OS. The average Bonchev–Trinajstić information content (AvgIpc) is 1.51. The van der Waals surface area contributed by atoms with Crippen molar-refractivity contribution in [1.29, 1.82) is 0 Å². The SMILES string of the molecule is c1ccc2c(c1)-c1ccc(-c3ccc(-c4c5ccccc5c(-c5ccc6c(c5)oc5ccccc56)c5ccccc45)c4ccccc34)cc1C21C2CC3CC(C2)CC1C3.c1ccc2c(c1)-c1ccc(-c3ccc(-c4c5ccccc5c(-c5ccc6c(c5)sc5ccccc56)c5ccccc45)c4ccccc34)cc1C21C2CC3CC(C2)CC1C3. The van der Waals surface area contributed by atoms with Crippen molar-refractivity contribution in [3.63, 3.8) is 0 Å². The molecule has 0 N–H and O–H groups in total. The lowest BCUT2D eigenvalue weighted by atomic mass is 9.43. The van der Waals surface area contributed by atoms with Gasteiger partial charge >= 0.3 is 0 Å². The monoisotopic (exact) mass is 1520 g/mol. The van der Waals surface area contributed by atoms with Gasteiger partial charge < -0.3 is 4.42 Å². The molecular weight excluding hydrogens is 1440 g/mol. The van der Waals surface area contributed by atoms with Gasteiger partial charge in [0, 0.05) is 41.8 Å². The quantitative estimate of drug-likeness (QED) is 0.151. The van der Waals surface area contributed by atoms with E-state index in [-0.39, 0.29) is 10.8 Å². The van der Waals surface area contributed by atoms with E-state index in [1.165, 1.54) is 238 Å². The van der Waals surface area contributed by atoms with E-state index in [1.54, 1.807) is 22.3 Å². The van der Waals surface area contributed by atoms with Gasteiger partial charge in [0.1, 0.15) is 11.2 Å². The maximum absolute atomic E-state index is 6.43. The molecule has 2 heterocycles. The molecule has 8 fully saturated rings. The van der Waals surface area contributed by atoms with Crippen LogP contribution in [0.25, 0.3) is 196 Å². The molecule has 118 heavy (non-hydrogen) atoms. The fraction of sp³-hybridized carbons (Fsp3) is 0.172. The van der Waals surface area contributed by atoms with Crippen LogP contribution in [0.2, 0.25) is 0 Å². The lowest BCUT2D eigenvalue weighted by molar-refractivity contribution is -0.0399. The molecule has 0 amide bonds. The second-order valence-electron chi connectivity index (χ2n) is 36.7. The Kier molecular flexibility index (Phi) is 14.1. The van der Waals surface area contributed by atoms with E-state index >= 15 is 0 Å². The van der Waals surface area contributed by atoms with Crippen LogP contribution in [0.3, 0.4) is 0 Å². The third-order valence-electron chi connectivity index (χ3n) is 31.3. The Morgan fingerprint density at radius 3 is 0.949 bits per heavy atom. The number of hydrogen-bond donors (Lipinski definition) is 0. The predicted molar refractivity (Wildman–Crippen MR) is 497 cm³/mol. The summed E-state index contributed by atoms with van der Waals surface area (Å²) in [5.41, 5.74) is 30.2. The second-order valence-corrected chi connectivity index (χ2v) is 37.8. The first kappa shape index (κ1) is 66.7. The normalized spacial score (nSPS) is 22.6. The maximum Gasteiger partial charge on any atom is 0.136 e. The Bertz CT molecular complexity index is 7120. The van der Waals surface area contributed by atoms with Gasteiger partial charge in [-0.25, -0.2) is 0 Å². The van der Waals surface area contributed by atoms with Crippen molar-refractivity contribution in [1.82, 2.24) is 0 Å². The van der Waals surface area contributed by atoms with Crippen molar-refractivity contribution in [2.75, 3.05) is 0 Å². The van der Waals surface area contributed by atoms with E-state index in [0.29, 0.717) is 0 Å². The van der Waals surface area contributed by atoms with E-state index < -0.39 is 0 Å². The summed E-state index contributed by atoms with van der Waals surface area (Å²) in [4.78, 5) is 0. The Labute approximate surface area is 690 Å². The van der Waals surface area contributed by atoms with Gasteiger partial charge in [0.25, 0.3) is 0 Å². The molecule has 0 aliphatic heterocycles. The smallest absolute Gasteiger partial charge is 0.136 e. The highest BCUT2D eigenvalue weighted by Gasteiger charge is 2.63. The number of rotatable bonds is 6. The van der Waals surface area contributed by atoms with E-state index in [2.05, 4.69) is 334 Å². The Hall–Kier alpha value is -12.5. The molecule has 10 aliphatic rings. The Morgan fingerprint density at radius 2 is 0.500 bits per heavy atom. The molecule has 0 saturated heterocycles. The molecule has 8 bridgehead atoms. The molecule has 10 aliphatic carbocycles. The van der Waals surface area contributed by atoms with Crippen molar-refractivity contribution >= 4 is 118 Å². The molecule has 2 heteroatoms. The molecule has 18 aromatic carbocycles. The standard InChI is InChI=1S/C58H42O.C58H42S/c2*1-2-12-42-41(11-1)40(36-21-23-44-43-13-7-9-19-52(43)58(53(44)32-36)38-28-34-27-35(30-38)31-39(58)29-34)25-26-51(42)57-49-17-5-3-15-47(49)56(48-16-4-6-18-50(48)57)37-22-24-46-45-14-8-10-20-54(45)59-55(46)33-37/h2*1-26,32-35,38-39H,27-31H2. The first-order chi connectivity index (χ1) is 58.4. The summed E-state index contributed by atoms with van der Waals surface area (Å²) >= 11 is 1.90. The van der Waals surface area contributed by atoms with Crippen molar-refractivity contribution in [3.8, 4) is 89.0 Å². The van der Waals surface area contributed by atoms with Crippen LogP contribution >= 0.6 is 11.3 Å². The largest absolute Gasteiger partial charge is 0.456 e. The number of benzene rings is 18. The van der Waals surface area contributed by atoms with Crippen LogP contribution in [-0.4, -0.2) is 0 Å². The highest BCUT2D eigenvalue weighted by molar-refractivity contribution is 7.25. The van der Waals surface area contributed by atoms with Crippen LogP contribution in [0.5, 0.6) is 0 Å². The molecule has 1 nitrogen and oxygen atoms in total. The Morgan fingerprint density at radius 1 is 0.195 bits per heavy atom. The van der Waals surface area contributed by atoms with E-state index in [0.717, 1.165) is 69.3 Å². The number of hydrogen-bond acceptors (Lipinski definition) is 2. The lowest BCUT2D eigenvalue weighted by Gasteiger charge is -2.61. The highest BCUT2D eigenvalue weighted by atomic mass is 32.1. The zero-order valence-corrected chi connectivity index (χ0v) is 66.7. The Balaban J connectivity index is 0.000000126. The van der Waals surface area contributed by atoms with Crippen LogP contribution in [0.15, 0.2) is 344 Å². The highest BCUT2D eigenvalue weighted by Crippen LogP contribution is 2.72. The van der Waals surface area contributed by atoms with Gasteiger partial charge in [-0.05, 0) is 330 Å². The van der Waals surface area contributed by atoms with Gasteiger partial charge in [-0.3, -0.25) is 0 Å². The van der Waals surface area contributed by atoms with Gasteiger partial charge in [0.15, 0.2) is 0 Å². The maximum atomic E-state index is 6.43. The van der Waals surface area contributed by atoms with E-state index in [1.807, 2.05) is 17.4 Å². The van der Waals surface area contributed by atoms with Crippen molar-refractivity contribution < 1.29 is 4.42 Å². The van der Waals surface area contributed by atoms with E-state index in [9.17, 15) is 0 Å². The van der Waals surface area contributed by atoms with Crippen LogP contribution in [0.4, 0.5) is 0 Å². The fourth-order valence-corrected chi connectivity index (χ4v) is 28.5. The third-order valence-corrected chi connectivity index (χ3v) is 32.4. The predicted octanol–water partition coefficient (Wildman–Crippen LogP) is 32.0.